The second kappa shape index (κ2) is 6.39. The number of rotatable bonds is 6. The molecule has 0 bridgehead atoms. The Balaban J connectivity index is 2.97. The molecule has 1 aromatic carbocycles. The second-order valence-electron chi connectivity index (χ2n) is 3.83. The van der Waals surface area contributed by atoms with Gasteiger partial charge in [0, 0.05) is 5.46 Å². The van der Waals surface area contributed by atoms with Crippen LogP contribution in [-0.4, -0.2) is 48.4 Å². The molecule has 0 saturated heterocycles. The SMILES string of the molecule is CN[C@@H](Cc1ccc(OC)c(B(O)O)c1)C(=O)O. The molecule has 1 rings (SSSR count). The summed E-state index contributed by atoms with van der Waals surface area (Å²) >= 11 is 0. The Morgan fingerprint density at radius 2 is 2.17 bits per heavy atom. The van der Waals surface area contributed by atoms with Crippen LogP contribution in [-0.2, 0) is 11.2 Å². The fraction of sp³-hybridized carbons (Fsp3) is 0.364. The van der Waals surface area contributed by atoms with Crippen molar-refractivity contribution in [1.29, 1.82) is 0 Å². The molecule has 0 spiro atoms. The molecular formula is C11H16BNO5. The van der Waals surface area contributed by atoms with Gasteiger partial charge in [0.2, 0.25) is 0 Å². The average molecular weight is 253 g/mol. The monoisotopic (exact) mass is 253 g/mol. The molecule has 98 valence electrons. The van der Waals surface area contributed by atoms with Crippen molar-refractivity contribution in [3.8, 4) is 5.75 Å². The zero-order valence-corrected chi connectivity index (χ0v) is 10.3. The van der Waals surface area contributed by atoms with Crippen LogP contribution in [0.4, 0.5) is 0 Å². The van der Waals surface area contributed by atoms with Crippen LogP contribution >= 0.6 is 0 Å². The summed E-state index contributed by atoms with van der Waals surface area (Å²) in [5, 5.41) is 30.0. The van der Waals surface area contributed by atoms with Gasteiger partial charge in [-0.15, -0.1) is 0 Å². The van der Waals surface area contributed by atoms with Gasteiger partial charge >= 0.3 is 13.1 Å². The molecule has 0 aliphatic heterocycles. The first-order chi connectivity index (χ1) is 8.49. The Morgan fingerprint density at radius 3 is 2.61 bits per heavy atom. The van der Waals surface area contributed by atoms with Gasteiger partial charge in [0.1, 0.15) is 11.8 Å². The smallest absolute Gasteiger partial charge is 0.492 e. The zero-order valence-electron chi connectivity index (χ0n) is 10.3. The molecule has 0 fully saturated rings. The van der Waals surface area contributed by atoms with Crippen LogP contribution < -0.4 is 15.5 Å². The third-order valence-corrected chi connectivity index (χ3v) is 2.66. The summed E-state index contributed by atoms with van der Waals surface area (Å²) in [6.45, 7) is 0. The molecule has 0 aromatic heterocycles. The van der Waals surface area contributed by atoms with Crippen molar-refractivity contribution in [1.82, 2.24) is 5.32 Å². The number of likely N-dealkylation sites (N-methyl/N-ethyl adjacent to an activating group) is 1. The standard InChI is InChI=1S/C11H16BNO5/c1-13-9(11(14)15)6-7-3-4-10(18-2)8(5-7)12(16)17/h3-5,9,13,16-17H,6H2,1-2H3,(H,14,15)/t9-/m0/s1. The summed E-state index contributed by atoms with van der Waals surface area (Å²) in [4.78, 5) is 10.9. The molecular weight excluding hydrogens is 237 g/mol. The highest BCUT2D eigenvalue weighted by Crippen LogP contribution is 2.11. The minimum absolute atomic E-state index is 0.218. The third kappa shape index (κ3) is 3.46. The number of hydrogen-bond donors (Lipinski definition) is 4. The van der Waals surface area contributed by atoms with Gasteiger partial charge in [-0.05, 0) is 25.1 Å². The first-order valence-corrected chi connectivity index (χ1v) is 5.42. The lowest BCUT2D eigenvalue weighted by molar-refractivity contribution is -0.139. The molecule has 0 saturated carbocycles. The van der Waals surface area contributed by atoms with Gasteiger partial charge < -0.3 is 25.2 Å². The molecule has 7 heteroatoms. The summed E-state index contributed by atoms with van der Waals surface area (Å²) < 4.78 is 4.99. The quantitative estimate of drug-likeness (QED) is 0.465. The van der Waals surface area contributed by atoms with Crippen LogP contribution in [0.2, 0.25) is 0 Å². The van der Waals surface area contributed by atoms with Crippen LogP contribution in [0.3, 0.4) is 0 Å². The van der Waals surface area contributed by atoms with E-state index in [0.717, 1.165) is 0 Å². The Hall–Kier alpha value is -1.57. The fourth-order valence-corrected chi connectivity index (χ4v) is 1.66. The van der Waals surface area contributed by atoms with E-state index in [0.29, 0.717) is 11.3 Å². The molecule has 1 aromatic rings. The van der Waals surface area contributed by atoms with Crippen LogP contribution in [0.15, 0.2) is 18.2 Å². The molecule has 0 radical (unpaired) electrons. The normalized spacial score (nSPS) is 12.0. The van der Waals surface area contributed by atoms with Crippen LogP contribution in [0.25, 0.3) is 0 Å². The predicted molar refractivity (Wildman–Crippen MR) is 67.0 cm³/mol. The Labute approximate surface area is 105 Å². The Bertz CT molecular complexity index is 424. The van der Waals surface area contributed by atoms with Gasteiger partial charge in [-0.1, -0.05) is 12.1 Å². The lowest BCUT2D eigenvalue weighted by atomic mass is 9.78. The fourth-order valence-electron chi connectivity index (χ4n) is 1.66. The highest BCUT2D eigenvalue weighted by Gasteiger charge is 2.20. The number of methoxy groups -OCH3 is 1. The molecule has 0 aliphatic carbocycles. The van der Waals surface area contributed by atoms with E-state index in [1.807, 2.05) is 0 Å². The van der Waals surface area contributed by atoms with Crippen LogP contribution in [0.1, 0.15) is 5.56 Å². The maximum absolute atomic E-state index is 10.9. The molecule has 0 heterocycles. The number of nitrogens with one attached hydrogen (secondary N) is 1. The van der Waals surface area contributed by atoms with E-state index >= 15 is 0 Å². The molecule has 18 heavy (non-hydrogen) atoms. The second-order valence-corrected chi connectivity index (χ2v) is 3.83. The van der Waals surface area contributed by atoms with Crippen molar-refractivity contribution >= 4 is 18.6 Å². The summed E-state index contributed by atoms with van der Waals surface area (Å²) in [5.74, 6) is -0.607. The first kappa shape index (κ1) is 14.5. The summed E-state index contributed by atoms with van der Waals surface area (Å²) in [6.07, 6.45) is 0.246. The Kier molecular flexibility index (Phi) is 5.15. The van der Waals surface area contributed by atoms with E-state index in [1.54, 1.807) is 19.2 Å². The van der Waals surface area contributed by atoms with Gasteiger partial charge in [0.25, 0.3) is 0 Å². The first-order valence-electron chi connectivity index (χ1n) is 5.42. The number of benzene rings is 1. The van der Waals surface area contributed by atoms with Crippen molar-refractivity contribution in [2.24, 2.45) is 0 Å². The van der Waals surface area contributed by atoms with E-state index in [2.05, 4.69) is 5.32 Å². The highest BCUT2D eigenvalue weighted by molar-refractivity contribution is 6.59. The largest absolute Gasteiger partial charge is 0.497 e. The van der Waals surface area contributed by atoms with Crippen LogP contribution in [0, 0.1) is 0 Å². The summed E-state index contributed by atoms with van der Waals surface area (Å²) in [7, 11) is 1.33. The topological polar surface area (TPSA) is 99.0 Å². The number of aliphatic carboxylic acids is 1. The van der Waals surface area contributed by atoms with Gasteiger partial charge in [-0.2, -0.15) is 0 Å². The van der Waals surface area contributed by atoms with Gasteiger partial charge in [-0.25, -0.2) is 0 Å². The van der Waals surface area contributed by atoms with E-state index in [9.17, 15) is 14.8 Å². The van der Waals surface area contributed by atoms with Gasteiger partial charge in [0.15, 0.2) is 0 Å². The molecule has 0 aliphatic rings. The maximum atomic E-state index is 10.9. The summed E-state index contributed by atoms with van der Waals surface area (Å²) in [5.41, 5.74) is 0.899. The maximum Gasteiger partial charge on any atom is 0.492 e. The lowest BCUT2D eigenvalue weighted by Gasteiger charge is -2.13. The molecule has 4 N–H and O–H groups in total. The van der Waals surface area contributed by atoms with Gasteiger partial charge in [-0.3, -0.25) is 4.79 Å². The minimum Gasteiger partial charge on any atom is -0.497 e. The van der Waals surface area contributed by atoms with E-state index < -0.39 is 19.1 Å². The average Bonchev–Trinajstić information content (AvgIpc) is 2.35. The molecule has 6 nitrogen and oxygen atoms in total. The highest BCUT2D eigenvalue weighted by atomic mass is 16.5. The van der Waals surface area contributed by atoms with E-state index in [-0.39, 0.29) is 11.9 Å². The van der Waals surface area contributed by atoms with Crippen molar-refractivity contribution in [2.45, 2.75) is 12.5 Å². The molecule has 0 amide bonds. The lowest BCUT2D eigenvalue weighted by Crippen LogP contribution is -2.37. The third-order valence-electron chi connectivity index (χ3n) is 2.66. The van der Waals surface area contributed by atoms with Crippen molar-refractivity contribution in [3.05, 3.63) is 23.8 Å². The van der Waals surface area contributed by atoms with Crippen molar-refractivity contribution < 1.29 is 24.7 Å². The van der Waals surface area contributed by atoms with Crippen LogP contribution in [0.5, 0.6) is 5.75 Å². The Morgan fingerprint density at radius 1 is 1.50 bits per heavy atom. The molecule has 0 unspecified atom stereocenters. The number of carboxylic acid groups (broad SMARTS) is 1. The number of carbonyl (C=O) groups is 1. The van der Waals surface area contributed by atoms with Crippen molar-refractivity contribution in [3.63, 3.8) is 0 Å². The van der Waals surface area contributed by atoms with E-state index in [4.69, 9.17) is 9.84 Å². The van der Waals surface area contributed by atoms with Crippen molar-refractivity contribution in [2.75, 3.05) is 14.2 Å². The number of ether oxygens (including phenoxy) is 1. The van der Waals surface area contributed by atoms with Gasteiger partial charge in [0.05, 0.1) is 7.11 Å². The minimum atomic E-state index is -1.65. The number of carboxylic acids is 1. The molecule has 1 atom stereocenters. The number of hydrogen-bond acceptors (Lipinski definition) is 5. The van der Waals surface area contributed by atoms with E-state index in [1.165, 1.54) is 13.2 Å². The zero-order chi connectivity index (χ0) is 13.7. The predicted octanol–water partition coefficient (Wildman–Crippen LogP) is -1.41. The summed E-state index contributed by atoms with van der Waals surface area (Å²) in [6, 6.07) is 4.08.